The van der Waals surface area contributed by atoms with Gasteiger partial charge in [-0.05, 0) is 48.0 Å². The van der Waals surface area contributed by atoms with Gasteiger partial charge in [0.25, 0.3) is 5.91 Å². The maximum atomic E-state index is 12.6. The molecule has 1 N–H and O–H groups in total. The van der Waals surface area contributed by atoms with Crippen LogP contribution in [0, 0.1) is 0 Å². The molecular weight excluding hydrogens is 358 g/mol. The largest absolute Gasteiger partial charge is 0.508 e. The molecule has 7 heteroatoms. The highest BCUT2D eigenvalue weighted by Crippen LogP contribution is 2.36. The fourth-order valence-corrected chi connectivity index (χ4v) is 3.58. The zero-order valence-corrected chi connectivity index (χ0v) is 14.8. The number of thiocarbonyl (C=S) groups is 1. The van der Waals surface area contributed by atoms with E-state index in [2.05, 4.69) is 4.74 Å². The van der Waals surface area contributed by atoms with Gasteiger partial charge in [0.2, 0.25) is 0 Å². The number of rotatable bonds is 3. The van der Waals surface area contributed by atoms with Gasteiger partial charge in [-0.1, -0.05) is 36.1 Å². The summed E-state index contributed by atoms with van der Waals surface area (Å²) in [5.74, 6) is -0.515. The molecule has 1 aliphatic rings. The number of nitrogens with zero attached hydrogens (tertiary/aromatic N) is 1. The van der Waals surface area contributed by atoms with Crippen molar-refractivity contribution in [2.24, 2.45) is 0 Å². The lowest BCUT2D eigenvalue weighted by molar-refractivity contribution is -0.113. The summed E-state index contributed by atoms with van der Waals surface area (Å²) in [5, 5.41) is 9.37. The molecule has 0 bridgehead atoms. The molecule has 0 saturated carbocycles. The first kappa shape index (κ1) is 17.2. The Hall–Kier alpha value is -2.64. The molecule has 1 amide bonds. The zero-order chi connectivity index (χ0) is 18.0. The van der Waals surface area contributed by atoms with E-state index in [1.165, 1.54) is 35.9 Å². The van der Waals surface area contributed by atoms with Crippen LogP contribution in [0.2, 0.25) is 0 Å². The summed E-state index contributed by atoms with van der Waals surface area (Å²) >= 11 is 6.51. The van der Waals surface area contributed by atoms with E-state index in [1.54, 1.807) is 42.5 Å². The molecule has 0 spiro atoms. The van der Waals surface area contributed by atoms with E-state index in [4.69, 9.17) is 12.2 Å². The molecule has 2 aromatic rings. The number of benzene rings is 2. The van der Waals surface area contributed by atoms with Crippen LogP contribution >= 0.6 is 24.0 Å². The number of hydrogen-bond donors (Lipinski definition) is 1. The number of ether oxygens (including phenoxy) is 1. The van der Waals surface area contributed by atoms with Gasteiger partial charge in [0.1, 0.15) is 5.75 Å². The van der Waals surface area contributed by atoms with E-state index < -0.39 is 5.97 Å². The van der Waals surface area contributed by atoms with Crippen LogP contribution in [0.5, 0.6) is 5.75 Å². The maximum Gasteiger partial charge on any atom is 0.337 e. The first-order valence-electron chi connectivity index (χ1n) is 7.25. The number of aromatic hydroxyl groups is 1. The summed E-state index contributed by atoms with van der Waals surface area (Å²) in [4.78, 5) is 26.0. The first-order chi connectivity index (χ1) is 12.0. The van der Waals surface area contributed by atoms with Crippen molar-refractivity contribution < 1.29 is 19.4 Å². The third-order valence-electron chi connectivity index (χ3n) is 3.53. The van der Waals surface area contributed by atoms with Gasteiger partial charge in [-0.3, -0.25) is 9.69 Å². The standard InChI is InChI=1S/C18H13NO4S2/c1-23-17(22)12-4-2-11(3-5-12)10-15-16(21)19(18(24)25-15)13-6-8-14(20)9-7-13/h2-10,20H,1H3/b15-10-. The van der Waals surface area contributed by atoms with Crippen LogP contribution in [-0.2, 0) is 9.53 Å². The van der Waals surface area contributed by atoms with Crippen molar-refractivity contribution >= 4 is 51.9 Å². The van der Waals surface area contributed by atoms with Gasteiger partial charge in [-0.15, -0.1) is 0 Å². The van der Waals surface area contributed by atoms with Crippen molar-refractivity contribution in [1.29, 1.82) is 0 Å². The van der Waals surface area contributed by atoms with Crippen molar-refractivity contribution in [1.82, 2.24) is 0 Å². The molecule has 0 aromatic heterocycles. The van der Waals surface area contributed by atoms with Crippen LogP contribution in [-0.4, -0.2) is 28.4 Å². The molecule has 25 heavy (non-hydrogen) atoms. The van der Waals surface area contributed by atoms with E-state index in [1.807, 2.05) is 0 Å². The summed E-state index contributed by atoms with van der Waals surface area (Å²) in [5.41, 5.74) is 1.82. The fourth-order valence-electron chi connectivity index (χ4n) is 2.28. The Labute approximate surface area is 153 Å². The van der Waals surface area contributed by atoms with Crippen LogP contribution in [0.4, 0.5) is 5.69 Å². The average Bonchev–Trinajstić information content (AvgIpc) is 2.89. The van der Waals surface area contributed by atoms with Gasteiger partial charge < -0.3 is 9.84 Å². The Morgan fingerprint density at radius 3 is 2.40 bits per heavy atom. The highest BCUT2D eigenvalue weighted by Gasteiger charge is 2.33. The lowest BCUT2D eigenvalue weighted by Crippen LogP contribution is -2.27. The van der Waals surface area contributed by atoms with Crippen molar-refractivity contribution in [3.8, 4) is 5.75 Å². The Bertz CT molecular complexity index is 873. The Kier molecular flexibility index (Phi) is 4.87. The summed E-state index contributed by atoms with van der Waals surface area (Å²) in [6, 6.07) is 13.0. The molecular formula is C18H13NO4S2. The van der Waals surface area contributed by atoms with Crippen LogP contribution in [0.25, 0.3) is 6.08 Å². The molecule has 1 saturated heterocycles. The minimum absolute atomic E-state index is 0.121. The number of amides is 1. The Balaban J connectivity index is 1.85. The van der Waals surface area contributed by atoms with Crippen LogP contribution in [0.1, 0.15) is 15.9 Å². The first-order valence-corrected chi connectivity index (χ1v) is 8.47. The van der Waals surface area contributed by atoms with Gasteiger partial charge in [0, 0.05) is 0 Å². The predicted molar refractivity (Wildman–Crippen MR) is 102 cm³/mol. The van der Waals surface area contributed by atoms with Gasteiger partial charge >= 0.3 is 5.97 Å². The highest BCUT2D eigenvalue weighted by atomic mass is 32.2. The van der Waals surface area contributed by atoms with Crippen molar-refractivity contribution in [3.63, 3.8) is 0 Å². The normalized spacial score (nSPS) is 15.7. The second kappa shape index (κ2) is 7.08. The Morgan fingerprint density at radius 2 is 1.80 bits per heavy atom. The summed E-state index contributed by atoms with van der Waals surface area (Å²) < 4.78 is 5.08. The minimum atomic E-state index is -0.412. The van der Waals surface area contributed by atoms with E-state index in [0.717, 1.165) is 5.56 Å². The molecule has 0 radical (unpaired) electrons. The van der Waals surface area contributed by atoms with Crippen molar-refractivity contribution in [3.05, 3.63) is 64.6 Å². The molecule has 0 unspecified atom stereocenters. The zero-order valence-electron chi connectivity index (χ0n) is 13.1. The number of hydrogen-bond acceptors (Lipinski definition) is 6. The molecule has 0 aliphatic carbocycles. The second-order valence-electron chi connectivity index (χ2n) is 5.15. The third-order valence-corrected chi connectivity index (χ3v) is 4.83. The quantitative estimate of drug-likeness (QED) is 0.505. The van der Waals surface area contributed by atoms with Crippen LogP contribution in [0.3, 0.4) is 0 Å². The summed E-state index contributed by atoms with van der Waals surface area (Å²) in [6.07, 6.45) is 1.72. The predicted octanol–water partition coefficient (Wildman–Crippen LogP) is 3.58. The molecule has 1 fully saturated rings. The molecule has 1 heterocycles. The number of carbonyl (C=O) groups excluding carboxylic acids is 2. The minimum Gasteiger partial charge on any atom is -0.508 e. The van der Waals surface area contributed by atoms with Gasteiger partial charge in [0.15, 0.2) is 4.32 Å². The van der Waals surface area contributed by atoms with E-state index >= 15 is 0 Å². The topological polar surface area (TPSA) is 66.8 Å². The number of thioether (sulfide) groups is 1. The van der Waals surface area contributed by atoms with Gasteiger partial charge in [-0.2, -0.15) is 0 Å². The number of anilines is 1. The molecule has 1 aliphatic heterocycles. The van der Waals surface area contributed by atoms with Gasteiger partial charge in [-0.25, -0.2) is 4.79 Å². The van der Waals surface area contributed by atoms with Gasteiger partial charge in [0.05, 0.1) is 23.3 Å². The fraction of sp³-hybridized carbons (Fsp3) is 0.0556. The van der Waals surface area contributed by atoms with E-state index in [-0.39, 0.29) is 11.7 Å². The maximum absolute atomic E-state index is 12.6. The van der Waals surface area contributed by atoms with Crippen LogP contribution < -0.4 is 4.90 Å². The third kappa shape index (κ3) is 3.57. The Morgan fingerprint density at radius 1 is 1.16 bits per heavy atom. The number of carbonyl (C=O) groups is 2. The average molecular weight is 371 g/mol. The number of methoxy groups -OCH3 is 1. The monoisotopic (exact) mass is 371 g/mol. The van der Waals surface area contributed by atoms with Crippen LogP contribution in [0.15, 0.2) is 53.4 Å². The summed E-state index contributed by atoms with van der Waals surface area (Å²) in [7, 11) is 1.32. The van der Waals surface area contributed by atoms with Crippen molar-refractivity contribution in [2.75, 3.05) is 12.0 Å². The highest BCUT2D eigenvalue weighted by molar-refractivity contribution is 8.27. The molecule has 3 rings (SSSR count). The van der Waals surface area contributed by atoms with E-state index in [0.29, 0.717) is 20.5 Å². The summed E-state index contributed by atoms with van der Waals surface area (Å²) in [6.45, 7) is 0. The molecule has 126 valence electrons. The van der Waals surface area contributed by atoms with Crippen molar-refractivity contribution in [2.45, 2.75) is 0 Å². The van der Waals surface area contributed by atoms with E-state index in [9.17, 15) is 14.7 Å². The lowest BCUT2D eigenvalue weighted by atomic mass is 10.1. The number of esters is 1. The number of phenolic OH excluding ortho intramolecular Hbond substituents is 1. The molecule has 2 aromatic carbocycles. The molecule has 5 nitrogen and oxygen atoms in total. The number of phenols is 1. The molecule has 0 atom stereocenters. The lowest BCUT2D eigenvalue weighted by Gasteiger charge is -2.14. The SMILES string of the molecule is COC(=O)c1ccc(/C=C2\SC(=S)N(c3ccc(O)cc3)C2=O)cc1. The smallest absolute Gasteiger partial charge is 0.337 e. The second-order valence-corrected chi connectivity index (χ2v) is 6.82.